The number of hydrogen-bond donors (Lipinski definition) is 0. The Morgan fingerprint density at radius 2 is 0.788 bits per heavy atom. The van der Waals surface area contributed by atoms with Gasteiger partial charge >= 0.3 is 0 Å². The summed E-state index contributed by atoms with van der Waals surface area (Å²) in [5.74, 6) is 0.714. The summed E-state index contributed by atoms with van der Waals surface area (Å²) in [7, 11) is 0. The molecule has 0 saturated heterocycles. The third kappa shape index (κ3) is 5.10. The van der Waals surface area contributed by atoms with Crippen LogP contribution in [0.5, 0.6) is 0 Å². The molecule has 2 aromatic heterocycles. The molecular formula is C49H31N3. The Hall–Kier alpha value is -6.97. The van der Waals surface area contributed by atoms with Crippen molar-refractivity contribution in [3.63, 3.8) is 0 Å². The minimum Gasteiger partial charge on any atom is -0.263 e. The number of benzene rings is 8. The second-order valence-corrected chi connectivity index (χ2v) is 13.2. The number of aromatic nitrogens is 3. The summed E-state index contributed by atoms with van der Waals surface area (Å²) in [6.45, 7) is 0. The third-order valence-electron chi connectivity index (χ3n) is 10.2. The van der Waals surface area contributed by atoms with Gasteiger partial charge in [-0.05, 0) is 60.5 Å². The molecule has 52 heavy (non-hydrogen) atoms. The van der Waals surface area contributed by atoms with Crippen molar-refractivity contribution in [2.45, 2.75) is 0 Å². The van der Waals surface area contributed by atoms with Crippen LogP contribution in [0.25, 0.3) is 99.2 Å². The molecule has 0 aliphatic carbocycles. The van der Waals surface area contributed by atoms with E-state index in [1.807, 2.05) is 12.4 Å². The maximum Gasteiger partial charge on any atom is 0.161 e. The predicted molar refractivity (Wildman–Crippen MR) is 217 cm³/mol. The molecule has 0 saturated carbocycles. The third-order valence-corrected chi connectivity index (χ3v) is 10.2. The van der Waals surface area contributed by atoms with E-state index >= 15 is 0 Å². The monoisotopic (exact) mass is 661 g/mol. The predicted octanol–water partition coefficient (Wildman–Crippen LogP) is 12.8. The Balaban J connectivity index is 1.11. The van der Waals surface area contributed by atoms with Gasteiger partial charge in [-0.1, -0.05) is 170 Å². The molecule has 0 aliphatic rings. The molecule has 3 nitrogen and oxygen atoms in total. The largest absolute Gasteiger partial charge is 0.263 e. The fourth-order valence-electron chi connectivity index (χ4n) is 7.66. The first-order chi connectivity index (χ1) is 25.8. The average Bonchev–Trinajstić information content (AvgIpc) is 3.22. The van der Waals surface area contributed by atoms with Gasteiger partial charge in [0.1, 0.15) is 0 Å². The van der Waals surface area contributed by atoms with Crippen LogP contribution in [0.1, 0.15) is 0 Å². The number of pyridine rings is 1. The van der Waals surface area contributed by atoms with E-state index in [0.29, 0.717) is 5.82 Å². The van der Waals surface area contributed by atoms with E-state index in [1.165, 1.54) is 43.4 Å². The van der Waals surface area contributed by atoms with Gasteiger partial charge in [0.2, 0.25) is 0 Å². The lowest BCUT2D eigenvalue weighted by Crippen LogP contribution is -1.97. The van der Waals surface area contributed by atoms with Gasteiger partial charge < -0.3 is 0 Å². The maximum absolute atomic E-state index is 5.24. The molecule has 10 rings (SSSR count). The summed E-state index contributed by atoms with van der Waals surface area (Å²) < 4.78 is 0. The Labute approximate surface area is 301 Å². The van der Waals surface area contributed by atoms with Crippen LogP contribution < -0.4 is 0 Å². The molecule has 8 aromatic carbocycles. The molecule has 0 fully saturated rings. The number of hydrogen-bond acceptors (Lipinski definition) is 3. The van der Waals surface area contributed by atoms with Gasteiger partial charge in [-0.2, -0.15) is 0 Å². The second kappa shape index (κ2) is 12.4. The molecule has 0 N–H and O–H groups in total. The Kier molecular flexibility index (Phi) is 7.14. The minimum atomic E-state index is 0.714. The second-order valence-electron chi connectivity index (χ2n) is 13.2. The van der Waals surface area contributed by atoms with Crippen molar-refractivity contribution in [1.29, 1.82) is 0 Å². The van der Waals surface area contributed by atoms with Crippen LogP contribution >= 0.6 is 0 Å². The molecule has 3 heteroatoms. The maximum atomic E-state index is 5.24. The zero-order valence-electron chi connectivity index (χ0n) is 28.2. The van der Waals surface area contributed by atoms with Gasteiger partial charge in [-0.25, -0.2) is 9.97 Å². The van der Waals surface area contributed by atoms with E-state index in [4.69, 9.17) is 9.97 Å². The van der Waals surface area contributed by atoms with Crippen LogP contribution in [0, 0.1) is 0 Å². The molecule has 0 radical (unpaired) electrons. The van der Waals surface area contributed by atoms with Gasteiger partial charge in [-0.3, -0.25) is 4.98 Å². The fraction of sp³-hybridized carbons (Fsp3) is 0. The summed E-state index contributed by atoms with van der Waals surface area (Å²) >= 11 is 0. The van der Waals surface area contributed by atoms with E-state index in [2.05, 4.69) is 181 Å². The molecule has 0 bridgehead atoms. The van der Waals surface area contributed by atoms with E-state index in [-0.39, 0.29) is 0 Å². The number of fused-ring (bicyclic) bond motifs is 4. The van der Waals surface area contributed by atoms with Crippen LogP contribution in [0.15, 0.2) is 188 Å². The molecule has 2 heterocycles. The summed E-state index contributed by atoms with van der Waals surface area (Å²) in [5.41, 5.74) is 9.60. The molecule has 0 amide bonds. The van der Waals surface area contributed by atoms with E-state index < -0.39 is 0 Å². The molecule has 0 unspecified atom stereocenters. The summed E-state index contributed by atoms with van der Waals surface area (Å²) in [6, 6.07) is 62.3. The first-order valence-corrected chi connectivity index (χ1v) is 17.6. The topological polar surface area (TPSA) is 38.7 Å². The highest BCUT2D eigenvalue weighted by Crippen LogP contribution is 2.39. The normalized spacial score (nSPS) is 11.5. The number of nitrogens with zero attached hydrogens (tertiary/aromatic N) is 3. The van der Waals surface area contributed by atoms with Crippen molar-refractivity contribution in [3.05, 3.63) is 188 Å². The summed E-state index contributed by atoms with van der Waals surface area (Å²) in [6.07, 6.45) is 3.92. The quantitative estimate of drug-likeness (QED) is 0.184. The number of rotatable bonds is 5. The first kappa shape index (κ1) is 29.9. The smallest absolute Gasteiger partial charge is 0.161 e. The van der Waals surface area contributed by atoms with E-state index in [9.17, 15) is 0 Å². The van der Waals surface area contributed by atoms with E-state index in [1.54, 1.807) is 0 Å². The first-order valence-electron chi connectivity index (χ1n) is 17.6. The molecule has 0 atom stereocenters. The zero-order chi connectivity index (χ0) is 34.4. The van der Waals surface area contributed by atoms with Crippen LogP contribution in [0.4, 0.5) is 0 Å². The highest BCUT2D eigenvalue weighted by molar-refractivity contribution is 6.09. The lowest BCUT2D eigenvalue weighted by molar-refractivity contribution is 1.19. The van der Waals surface area contributed by atoms with Crippen molar-refractivity contribution in [1.82, 2.24) is 15.0 Å². The zero-order valence-corrected chi connectivity index (χ0v) is 28.2. The van der Waals surface area contributed by atoms with Gasteiger partial charge in [0.25, 0.3) is 0 Å². The van der Waals surface area contributed by atoms with Crippen molar-refractivity contribution in [2.75, 3.05) is 0 Å². The molecule has 0 aliphatic heterocycles. The fourth-order valence-corrected chi connectivity index (χ4v) is 7.66. The summed E-state index contributed by atoms with van der Waals surface area (Å²) in [4.78, 5) is 15.1. The highest BCUT2D eigenvalue weighted by atomic mass is 14.9. The Bertz CT molecular complexity index is 2850. The van der Waals surface area contributed by atoms with Crippen LogP contribution in [0.3, 0.4) is 0 Å². The Morgan fingerprint density at radius 3 is 1.50 bits per heavy atom. The molecule has 242 valence electrons. The van der Waals surface area contributed by atoms with Gasteiger partial charge in [-0.15, -0.1) is 0 Å². The molecular weight excluding hydrogens is 631 g/mol. The summed E-state index contributed by atoms with van der Waals surface area (Å²) in [5, 5.41) is 9.42. The highest BCUT2D eigenvalue weighted by Gasteiger charge is 2.16. The van der Waals surface area contributed by atoms with Gasteiger partial charge in [0, 0.05) is 40.0 Å². The SMILES string of the molecule is c1ccc2c(-c3cc(-c4ccc(-c5ccc(-c6cncc7ccccc67)c6ccccc56)cc4)nc(-c4cccc5ccccc45)n3)cccc2c1. The molecule has 0 spiro atoms. The van der Waals surface area contributed by atoms with Crippen LogP contribution in [0.2, 0.25) is 0 Å². The van der Waals surface area contributed by atoms with Crippen LogP contribution in [-0.4, -0.2) is 15.0 Å². The van der Waals surface area contributed by atoms with E-state index in [0.717, 1.165) is 50.0 Å². The minimum absolute atomic E-state index is 0.714. The lowest BCUT2D eigenvalue weighted by atomic mass is 9.90. The standard InChI is InChI=1S/C49H31N3/c1-4-16-37-32(11-1)14-9-21-44(37)48-29-47(51-49(52-48)45-22-10-15-33-12-2-5-17-38(33)45)35-25-23-34(24-26-35)40-27-28-43(42-20-8-7-19-41(40)42)46-31-50-30-36-13-3-6-18-39(36)46/h1-31H. The average molecular weight is 662 g/mol. The van der Waals surface area contributed by atoms with Crippen molar-refractivity contribution < 1.29 is 0 Å². The van der Waals surface area contributed by atoms with Crippen molar-refractivity contribution in [3.8, 4) is 56.2 Å². The van der Waals surface area contributed by atoms with Crippen LogP contribution in [-0.2, 0) is 0 Å². The molecule has 10 aromatic rings. The Morgan fingerprint density at radius 1 is 0.288 bits per heavy atom. The van der Waals surface area contributed by atoms with Crippen molar-refractivity contribution >= 4 is 43.1 Å². The van der Waals surface area contributed by atoms with Crippen molar-refractivity contribution in [2.24, 2.45) is 0 Å². The van der Waals surface area contributed by atoms with Gasteiger partial charge in [0.15, 0.2) is 5.82 Å². The lowest BCUT2D eigenvalue weighted by Gasteiger charge is -2.14. The van der Waals surface area contributed by atoms with Gasteiger partial charge in [0.05, 0.1) is 11.4 Å².